The summed E-state index contributed by atoms with van der Waals surface area (Å²) >= 11 is 0. The zero-order chi connectivity index (χ0) is 12.3. The summed E-state index contributed by atoms with van der Waals surface area (Å²) in [6.45, 7) is 3.67. The molecule has 5 nitrogen and oxygen atoms in total. The van der Waals surface area contributed by atoms with E-state index in [1.54, 1.807) is 12.3 Å². The van der Waals surface area contributed by atoms with Crippen molar-refractivity contribution in [2.24, 2.45) is 5.92 Å². The number of hydrogen-bond donors (Lipinski definition) is 2. The number of nitrogens with one attached hydrogen (secondary N) is 1. The highest BCUT2D eigenvalue weighted by Gasteiger charge is 2.23. The van der Waals surface area contributed by atoms with Crippen molar-refractivity contribution in [2.75, 3.05) is 24.3 Å². The summed E-state index contributed by atoms with van der Waals surface area (Å²) in [7, 11) is 0. The number of nitrogen functional groups attached to an aromatic ring is 1. The third-order valence-electron chi connectivity index (χ3n) is 3.15. The Bertz CT molecular complexity index is 435. The second-order valence-corrected chi connectivity index (χ2v) is 4.29. The number of ether oxygens (including phenoxy) is 1. The topological polar surface area (TPSA) is 84.0 Å². The first-order valence-electron chi connectivity index (χ1n) is 5.71. The van der Waals surface area contributed by atoms with Gasteiger partial charge in [0.1, 0.15) is 6.07 Å². The molecule has 2 atom stereocenters. The Morgan fingerprint density at radius 2 is 2.53 bits per heavy atom. The zero-order valence-electron chi connectivity index (χ0n) is 9.81. The minimum absolute atomic E-state index is 0.237. The maximum Gasteiger partial charge on any atom is 0.150 e. The van der Waals surface area contributed by atoms with Crippen LogP contribution in [0.25, 0.3) is 0 Å². The summed E-state index contributed by atoms with van der Waals surface area (Å²) in [6.07, 6.45) is 2.64. The van der Waals surface area contributed by atoms with Gasteiger partial charge in [0, 0.05) is 24.8 Å². The van der Waals surface area contributed by atoms with Gasteiger partial charge in [-0.3, -0.25) is 0 Å². The Balaban J connectivity index is 2.10. The van der Waals surface area contributed by atoms with Crippen molar-refractivity contribution in [3.63, 3.8) is 0 Å². The predicted molar refractivity (Wildman–Crippen MR) is 65.4 cm³/mol. The summed E-state index contributed by atoms with van der Waals surface area (Å²) < 4.78 is 5.35. The van der Waals surface area contributed by atoms with E-state index in [1.165, 1.54) is 0 Å². The van der Waals surface area contributed by atoms with Gasteiger partial charge in [-0.1, -0.05) is 0 Å². The Labute approximate surface area is 101 Å². The number of nitrogens with zero attached hydrogens (tertiary/aromatic N) is 2. The highest BCUT2D eigenvalue weighted by Crippen LogP contribution is 2.24. The van der Waals surface area contributed by atoms with Crippen LogP contribution < -0.4 is 11.1 Å². The average Bonchev–Trinajstić information content (AvgIpc) is 2.85. The maximum absolute atomic E-state index is 8.88. The largest absolute Gasteiger partial charge is 0.395 e. The van der Waals surface area contributed by atoms with Gasteiger partial charge >= 0.3 is 0 Å². The van der Waals surface area contributed by atoms with E-state index in [1.807, 2.05) is 6.07 Å². The van der Waals surface area contributed by atoms with E-state index in [9.17, 15) is 0 Å². The number of hydrogen-bond acceptors (Lipinski definition) is 5. The van der Waals surface area contributed by atoms with Crippen molar-refractivity contribution in [2.45, 2.75) is 19.4 Å². The number of pyridine rings is 1. The fourth-order valence-electron chi connectivity index (χ4n) is 1.97. The average molecular weight is 232 g/mol. The molecule has 17 heavy (non-hydrogen) atoms. The van der Waals surface area contributed by atoms with Crippen LogP contribution >= 0.6 is 0 Å². The van der Waals surface area contributed by atoms with Gasteiger partial charge in [0.05, 0.1) is 17.9 Å². The Morgan fingerprint density at radius 3 is 3.18 bits per heavy atom. The first-order valence-corrected chi connectivity index (χ1v) is 5.71. The molecule has 1 saturated heterocycles. The van der Waals surface area contributed by atoms with E-state index in [2.05, 4.69) is 17.2 Å². The summed E-state index contributed by atoms with van der Waals surface area (Å²) in [5.74, 6) is 1.06. The van der Waals surface area contributed by atoms with Crippen LogP contribution in [0.3, 0.4) is 0 Å². The molecule has 1 aromatic heterocycles. The highest BCUT2D eigenvalue weighted by atomic mass is 16.5. The number of aromatic nitrogens is 1. The first kappa shape index (κ1) is 11.7. The third-order valence-corrected chi connectivity index (χ3v) is 3.15. The van der Waals surface area contributed by atoms with Gasteiger partial charge in [-0.15, -0.1) is 0 Å². The number of rotatable bonds is 3. The lowest BCUT2D eigenvalue weighted by Crippen LogP contribution is -2.27. The van der Waals surface area contributed by atoms with Crippen LogP contribution in [0.15, 0.2) is 12.3 Å². The summed E-state index contributed by atoms with van der Waals surface area (Å²) in [4.78, 5) is 4.17. The third kappa shape index (κ3) is 2.48. The van der Waals surface area contributed by atoms with Gasteiger partial charge in [0.2, 0.25) is 0 Å². The van der Waals surface area contributed by atoms with E-state index < -0.39 is 0 Å². The Hall–Kier alpha value is -1.80. The molecule has 2 unspecified atom stereocenters. The lowest BCUT2D eigenvalue weighted by atomic mass is 10.0. The Kier molecular flexibility index (Phi) is 3.45. The molecule has 0 spiro atoms. The second-order valence-electron chi connectivity index (χ2n) is 4.29. The predicted octanol–water partition coefficient (Wildman–Crippen LogP) is 1.37. The zero-order valence-corrected chi connectivity index (χ0v) is 9.81. The van der Waals surface area contributed by atoms with Gasteiger partial charge in [0.25, 0.3) is 0 Å². The van der Waals surface area contributed by atoms with Gasteiger partial charge in [-0.2, -0.15) is 5.26 Å². The number of nitrogens with two attached hydrogens (primary N) is 1. The molecule has 1 aromatic rings. The van der Waals surface area contributed by atoms with Crippen molar-refractivity contribution in [3.8, 4) is 6.07 Å². The molecule has 3 N–H and O–H groups in total. The van der Waals surface area contributed by atoms with E-state index in [-0.39, 0.29) is 6.04 Å². The standard InChI is InChI=1S/C12H16N4O/c1-8(10-3-5-17-7-10)16-12-11(14)9(6-13)2-4-15-12/h2,4,8,10H,3,5,7,14H2,1H3,(H,15,16). The van der Waals surface area contributed by atoms with Crippen molar-refractivity contribution in [1.82, 2.24) is 4.98 Å². The van der Waals surface area contributed by atoms with Crippen LogP contribution in [0.5, 0.6) is 0 Å². The summed E-state index contributed by atoms with van der Waals surface area (Å²) in [5.41, 5.74) is 6.74. The molecule has 2 heterocycles. The first-order chi connectivity index (χ1) is 8.22. The minimum Gasteiger partial charge on any atom is -0.395 e. The molecule has 2 rings (SSSR count). The molecule has 1 fully saturated rings. The fourth-order valence-corrected chi connectivity index (χ4v) is 1.97. The minimum atomic E-state index is 0.237. The van der Waals surface area contributed by atoms with Crippen LogP contribution in [0.2, 0.25) is 0 Å². The lowest BCUT2D eigenvalue weighted by Gasteiger charge is -2.20. The number of nitriles is 1. The second kappa shape index (κ2) is 5.02. The van der Waals surface area contributed by atoms with Gasteiger partial charge < -0.3 is 15.8 Å². The van der Waals surface area contributed by atoms with Crippen molar-refractivity contribution < 1.29 is 4.74 Å². The SMILES string of the molecule is CC(Nc1nccc(C#N)c1N)C1CCOC1. The van der Waals surface area contributed by atoms with Gasteiger partial charge in [0.15, 0.2) is 5.82 Å². The van der Waals surface area contributed by atoms with Crippen molar-refractivity contribution in [3.05, 3.63) is 17.8 Å². The Morgan fingerprint density at radius 1 is 1.71 bits per heavy atom. The molecule has 1 aliphatic rings. The quantitative estimate of drug-likeness (QED) is 0.822. The maximum atomic E-state index is 8.88. The fraction of sp³-hybridized carbons (Fsp3) is 0.500. The molecule has 0 radical (unpaired) electrons. The van der Waals surface area contributed by atoms with E-state index in [0.29, 0.717) is 23.0 Å². The molecule has 5 heteroatoms. The smallest absolute Gasteiger partial charge is 0.150 e. The van der Waals surface area contributed by atoms with E-state index in [4.69, 9.17) is 15.7 Å². The molecule has 0 aliphatic carbocycles. The molecular weight excluding hydrogens is 216 g/mol. The summed E-state index contributed by atoms with van der Waals surface area (Å²) in [5, 5.41) is 12.1. The van der Waals surface area contributed by atoms with Crippen LogP contribution in [-0.2, 0) is 4.74 Å². The van der Waals surface area contributed by atoms with Gasteiger partial charge in [-0.05, 0) is 19.4 Å². The number of anilines is 2. The van der Waals surface area contributed by atoms with Crippen LogP contribution in [-0.4, -0.2) is 24.2 Å². The molecule has 0 amide bonds. The highest BCUT2D eigenvalue weighted by molar-refractivity contribution is 5.69. The van der Waals surface area contributed by atoms with Crippen LogP contribution in [0.1, 0.15) is 18.9 Å². The van der Waals surface area contributed by atoms with Crippen LogP contribution in [0.4, 0.5) is 11.5 Å². The molecule has 1 aliphatic heterocycles. The molecule has 0 saturated carbocycles. The van der Waals surface area contributed by atoms with E-state index in [0.717, 1.165) is 19.6 Å². The monoisotopic (exact) mass is 232 g/mol. The van der Waals surface area contributed by atoms with Crippen molar-refractivity contribution in [1.29, 1.82) is 5.26 Å². The normalized spacial score (nSPS) is 20.8. The van der Waals surface area contributed by atoms with Crippen molar-refractivity contribution >= 4 is 11.5 Å². The lowest BCUT2D eigenvalue weighted by molar-refractivity contribution is 0.183. The van der Waals surface area contributed by atoms with E-state index >= 15 is 0 Å². The van der Waals surface area contributed by atoms with Crippen LogP contribution in [0, 0.1) is 17.2 Å². The molecule has 0 aromatic carbocycles. The van der Waals surface area contributed by atoms with Gasteiger partial charge in [-0.25, -0.2) is 4.98 Å². The summed E-state index contributed by atoms with van der Waals surface area (Å²) in [6, 6.07) is 3.90. The molecule has 0 bridgehead atoms. The molecular formula is C12H16N4O. The molecule has 90 valence electrons.